The first-order valence-electron chi connectivity index (χ1n) is 6.89. The predicted molar refractivity (Wildman–Crippen MR) is 66.0 cm³/mol. The number of hydrogen-bond donors (Lipinski definition) is 0. The van der Waals surface area contributed by atoms with Crippen molar-refractivity contribution >= 4 is 5.78 Å². The Morgan fingerprint density at radius 2 is 2.06 bits per heavy atom. The third-order valence-corrected chi connectivity index (χ3v) is 4.33. The molecule has 1 unspecified atom stereocenters. The molecule has 3 nitrogen and oxygen atoms in total. The van der Waals surface area contributed by atoms with Gasteiger partial charge in [0.2, 0.25) is 0 Å². The summed E-state index contributed by atoms with van der Waals surface area (Å²) in [5.41, 5.74) is 0.197. The van der Waals surface area contributed by atoms with Crippen molar-refractivity contribution in [2.75, 3.05) is 20.3 Å². The van der Waals surface area contributed by atoms with Crippen molar-refractivity contribution in [3.63, 3.8) is 0 Å². The van der Waals surface area contributed by atoms with Gasteiger partial charge in [-0.1, -0.05) is 12.8 Å². The number of hydrogen-bond acceptors (Lipinski definition) is 3. The highest BCUT2D eigenvalue weighted by Crippen LogP contribution is 2.49. The SMILES string of the molecule is COCCCOC1CCC(=O)CC12CCCC2. The minimum Gasteiger partial charge on any atom is -0.385 e. The molecule has 0 bridgehead atoms. The Bertz CT molecular complexity index is 256. The van der Waals surface area contributed by atoms with Gasteiger partial charge in [0, 0.05) is 38.6 Å². The minimum atomic E-state index is 0.197. The molecule has 2 rings (SSSR count). The zero-order chi connectivity index (χ0) is 12.1. The van der Waals surface area contributed by atoms with Crippen LogP contribution in [0.1, 0.15) is 51.4 Å². The van der Waals surface area contributed by atoms with Crippen LogP contribution in [0.3, 0.4) is 0 Å². The highest BCUT2D eigenvalue weighted by atomic mass is 16.5. The second-order valence-corrected chi connectivity index (χ2v) is 5.53. The van der Waals surface area contributed by atoms with Gasteiger partial charge in [0.25, 0.3) is 0 Å². The molecule has 1 atom stereocenters. The van der Waals surface area contributed by atoms with E-state index in [4.69, 9.17) is 9.47 Å². The lowest BCUT2D eigenvalue weighted by atomic mass is 9.70. The fourth-order valence-electron chi connectivity index (χ4n) is 3.46. The molecule has 0 aromatic carbocycles. The van der Waals surface area contributed by atoms with Crippen molar-refractivity contribution in [2.24, 2.45) is 5.41 Å². The van der Waals surface area contributed by atoms with E-state index in [0.29, 0.717) is 11.9 Å². The van der Waals surface area contributed by atoms with Crippen LogP contribution in [0.5, 0.6) is 0 Å². The Morgan fingerprint density at radius 1 is 1.29 bits per heavy atom. The van der Waals surface area contributed by atoms with E-state index in [1.54, 1.807) is 7.11 Å². The fourth-order valence-corrected chi connectivity index (χ4v) is 3.46. The van der Waals surface area contributed by atoms with Crippen molar-refractivity contribution in [1.82, 2.24) is 0 Å². The molecule has 2 aliphatic rings. The number of ketones is 1. The highest BCUT2D eigenvalue weighted by Gasteiger charge is 2.45. The second kappa shape index (κ2) is 5.96. The third kappa shape index (κ3) is 3.08. The van der Waals surface area contributed by atoms with Crippen molar-refractivity contribution in [3.8, 4) is 0 Å². The van der Waals surface area contributed by atoms with Crippen LogP contribution >= 0.6 is 0 Å². The average Bonchev–Trinajstić information content (AvgIpc) is 2.76. The number of carbonyl (C=O) groups is 1. The van der Waals surface area contributed by atoms with Crippen LogP contribution in [0.4, 0.5) is 0 Å². The largest absolute Gasteiger partial charge is 0.385 e. The molecule has 0 aromatic rings. The van der Waals surface area contributed by atoms with Crippen molar-refractivity contribution < 1.29 is 14.3 Å². The summed E-state index contributed by atoms with van der Waals surface area (Å²) in [5.74, 6) is 0.448. The third-order valence-electron chi connectivity index (χ3n) is 4.33. The first-order chi connectivity index (χ1) is 8.27. The van der Waals surface area contributed by atoms with E-state index in [1.807, 2.05) is 0 Å². The fraction of sp³-hybridized carbons (Fsp3) is 0.929. The van der Waals surface area contributed by atoms with Crippen LogP contribution in [0, 0.1) is 5.41 Å². The molecule has 0 saturated heterocycles. The van der Waals surface area contributed by atoms with Crippen LogP contribution in [0.2, 0.25) is 0 Å². The van der Waals surface area contributed by atoms with E-state index in [1.165, 1.54) is 25.7 Å². The molecular weight excluding hydrogens is 216 g/mol. The average molecular weight is 240 g/mol. The van der Waals surface area contributed by atoms with Crippen LogP contribution in [0.25, 0.3) is 0 Å². The zero-order valence-electron chi connectivity index (χ0n) is 10.9. The van der Waals surface area contributed by atoms with Crippen molar-refractivity contribution in [2.45, 2.75) is 57.5 Å². The molecule has 0 amide bonds. The molecule has 2 fully saturated rings. The topological polar surface area (TPSA) is 35.5 Å². The molecular formula is C14H24O3. The molecule has 1 spiro atoms. The lowest BCUT2D eigenvalue weighted by molar-refractivity contribution is -0.133. The number of methoxy groups -OCH3 is 1. The van der Waals surface area contributed by atoms with Crippen LogP contribution in [-0.2, 0) is 14.3 Å². The summed E-state index contributed by atoms with van der Waals surface area (Å²) in [7, 11) is 1.72. The van der Waals surface area contributed by atoms with Gasteiger partial charge in [0.15, 0.2) is 0 Å². The highest BCUT2D eigenvalue weighted by molar-refractivity contribution is 5.80. The van der Waals surface area contributed by atoms with Gasteiger partial charge >= 0.3 is 0 Å². The maximum Gasteiger partial charge on any atom is 0.133 e. The summed E-state index contributed by atoms with van der Waals surface area (Å²) in [6.45, 7) is 1.53. The molecule has 0 aromatic heterocycles. The number of Topliss-reactive ketones (excluding diaryl/α,β-unsaturated/α-hetero) is 1. The minimum absolute atomic E-state index is 0.197. The Labute approximate surface area is 104 Å². The van der Waals surface area contributed by atoms with Gasteiger partial charge < -0.3 is 9.47 Å². The molecule has 2 aliphatic carbocycles. The normalized spacial score (nSPS) is 27.8. The van der Waals surface area contributed by atoms with Gasteiger partial charge in [0.1, 0.15) is 5.78 Å². The van der Waals surface area contributed by atoms with Gasteiger partial charge in [-0.15, -0.1) is 0 Å². The number of ether oxygens (including phenoxy) is 2. The second-order valence-electron chi connectivity index (χ2n) is 5.53. The summed E-state index contributed by atoms with van der Waals surface area (Å²) in [6, 6.07) is 0. The van der Waals surface area contributed by atoms with Gasteiger partial charge in [-0.05, 0) is 25.7 Å². The van der Waals surface area contributed by atoms with E-state index in [0.717, 1.165) is 38.9 Å². The van der Waals surface area contributed by atoms with Gasteiger partial charge in [0.05, 0.1) is 6.10 Å². The molecule has 0 radical (unpaired) electrons. The molecule has 0 N–H and O–H groups in total. The Balaban J connectivity index is 1.87. The molecule has 0 heterocycles. The van der Waals surface area contributed by atoms with Crippen molar-refractivity contribution in [1.29, 1.82) is 0 Å². The Kier molecular flexibility index (Phi) is 4.57. The van der Waals surface area contributed by atoms with Crippen molar-refractivity contribution in [3.05, 3.63) is 0 Å². The van der Waals surface area contributed by atoms with Crippen LogP contribution in [0.15, 0.2) is 0 Å². The summed E-state index contributed by atoms with van der Waals surface area (Å²) in [6.07, 6.45) is 8.61. The van der Waals surface area contributed by atoms with Crippen LogP contribution < -0.4 is 0 Å². The molecule has 0 aliphatic heterocycles. The van der Waals surface area contributed by atoms with Crippen LogP contribution in [-0.4, -0.2) is 32.2 Å². The van der Waals surface area contributed by atoms with Gasteiger partial charge in [-0.3, -0.25) is 4.79 Å². The van der Waals surface area contributed by atoms with E-state index in [9.17, 15) is 4.79 Å². The Morgan fingerprint density at radius 3 is 2.76 bits per heavy atom. The molecule has 17 heavy (non-hydrogen) atoms. The predicted octanol–water partition coefficient (Wildman–Crippen LogP) is 2.72. The number of rotatable bonds is 5. The summed E-state index contributed by atoms with van der Waals surface area (Å²) in [5, 5.41) is 0. The van der Waals surface area contributed by atoms with Gasteiger partial charge in [-0.25, -0.2) is 0 Å². The monoisotopic (exact) mass is 240 g/mol. The molecule has 98 valence electrons. The zero-order valence-corrected chi connectivity index (χ0v) is 10.9. The molecule has 3 heteroatoms. The lowest BCUT2D eigenvalue weighted by Gasteiger charge is -2.40. The number of carbonyl (C=O) groups excluding carboxylic acids is 1. The quantitative estimate of drug-likeness (QED) is 0.693. The smallest absolute Gasteiger partial charge is 0.133 e. The van der Waals surface area contributed by atoms with Gasteiger partial charge in [-0.2, -0.15) is 0 Å². The van der Waals surface area contributed by atoms with E-state index in [-0.39, 0.29) is 5.41 Å². The summed E-state index contributed by atoms with van der Waals surface area (Å²) < 4.78 is 11.1. The maximum atomic E-state index is 11.7. The first-order valence-corrected chi connectivity index (χ1v) is 6.89. The maximum absolute atomic E-state index is 11.7. The molecule has 2 saturated carbocycles. The lowest BCUT2D eigenvalue weighted by Crippen LogP contribution is -2.41. The first kappa shape index (κ1) is 13.0. The van der Waals surface area contributed by atoms with E-state index in [2.05, 4.69) is 0 Å². The summed E-state index contributed by atoms with van der Waals surface area (Å²) in [4.78, 5) is 11.7. The van der Waals surface area contributed by atoms with E-state index < -0.39 is 0 Å². The van der Waals surface area contributed by atoms with E-state index >= 15 is 0 Å². The standard InChI is InChI=1S/C14H24O3/c1-16-9-4-10-17-13-6-5-12(15)11-14(13)7-2-3-8-14/h13H,2-11H2,1H3. The summed E-state index contributed by atoms with van der Waals surface area (Å²) >= 11 is 0. The Hall–Kier alpha value is -0.410.